The molecule has 1 aliphatic rings. The van der Waals surface area contributed by atoms with Gasteiger partial charge in [-0.05, 0) is 42.3 Å². The Morgan fingerprint density at radius 2 is 1.75 bits per heavy atom. The van der Waals surface area contributed by atoms with Crippen LogP contribution in [0.4, 0.5) is 0 Å². The molecule has 0 saturated heterocycles. The van der Waals surface area contributed by atoms with Crippen LogP contribution in [-0.4, -0.2) is 32.4 Å². The second-order valence-electron chi connectivity index (χ2n) is 8.39. The highest BCUT2D eigenvalue weighted by Gasteiger charge is 2.45. The molecule has 36 heavy (non-hydrogen) atoms. The Labute approximate surface area is 208 Å². The highest BCUT2D eigenvalue weighted by atomic mass is 16.6. The highest BCUT2D eigenvalue weighted by molar-refractivity contribution is 5.88. The molecule has 0 aliphatic carbocycles. The normalized spacial score (nSPS) is 16.3. The lowest BCUT2D eigenvalue weighted by Crippen LogP contribution is -2.32. The van der Waals surface area contributed by atoms with Crippen molar-refractivity contribution in [1.82, 2.24) is 0 Å². The third kappa shape index (κ3) is 4.40. The molecule has 0 fully saturated rings. The van der Waals surface area contributed by atoms with Crippen LogP contribution in [0.3, 0.4) is 0 Å². The van der Waals surface area contributed by atoms with Gasteiger partial charge in [-0.3, -0.25) is 0 Å². The standard InChI is InChI=1S/C29H26O7/c1-3-33-29(31)27-24(25-26(36-27)20-11-7-8-12-21(20)35-28(25)30)19-13-14-22(23(17-19)32-2)34-16-15-18-9-5-4-6-10-18/h4-14,17,24,27H,3,15-16H2,1-2H3/t24-,27+/m0/s1. The van der Waals surface area contributed by atoms with Crippen molar-refractivity contribution in [3.05, 3.63) is 99.9 Å². The minimum absolute atomic E-state index is 0.189. The van der Waals surface area contributed by atoms with Crippen LogP contribution < -0.4 is 19.8 Å². The molecule has 184 valence electrons. The number of carbonyl (C=O) groups excluding carboxylic acids is 1. The number of hydrogen-bond donors (Lipinski definition) is 0. The zero-order chi connectivity index (χ0) is 25.1. The van der Waals surface area contributed by atoms with E-state index in [0.717, 1.165) is 6.42 Å². The quantitative estimate of drug-likeness (QED) is 0.259. The van der Waals surface area contributed by atoms with E-state index < -0.39 is 23.6 Å². The SMILES string of the molecule is CCOC(=O)[C@@H]1Oc2c(c(=O)oc3ccccc23)[C@@H]1c1ccc(OCCc2ccccc2)c(OC)c1. The fraction of sp³-hybridized carbons (Fsp3) is 0.241. The van der Waals surface area contributed by atoms with Crippen molar-refractivity contribution in [1.29, 1.82) is 0 Å². The molecular formula is C29H26O7. The van der Waals surface area contributed by atoms with E-state index in [1.807, 2.05) is 42.5 Å². The van der Waals surface area contributed by atoms with E-state index in [9.17, 15) is 9.59 Å². The first-order valence-corrected chi connectivity index (χ1v) is 11.8. The first kappa shape index (κ1) is 23.5. The Kier molecular flexibility index (Phi) is 6.62. The van der Waals surface area contributed by atoms with E-state index in [2.05, 4.69) is 0 Å². The van der Waals surface area contributed by atoms with Gasteiger partial charge in [0.15, 0.2) is 11.5 Å². The fourth-order valence-corrected chi connectivity index (χ4v) is 4.55. The van der Waals surface area contributed by atoms with E-state index in [4.69, 9.17) is 23.4 Å². The molecule has 4 aromatic rings. The summed E-state index contributed by atoms with van der Waals surface area (Å²) in [4.78, 5) is 26.0. The summed E-state index contributed by atoms with van der Waals surface area (Å²) in [6.45, 7) is 2.38. The van der Waals surface area contributed by atoms with Gasteiger partial charge >= 0.3 is 11.6 Å². The summed E-state index contributed by atoms with van der Waals surface area (Å²) in [6, 6.07) is 22.5. The molecule has 0 unspecified atom stereocenters. The first-order chi connectivity index (χ1) is 17.6. The van der Waals surface area contributed by atoms with Gasteiger partial charge in [-0.1, -0.05) is 48.5 Å². The maximum Gasteiger partial charge on any atom is 0.348 e. The van der Waals surface area contributed by atoms with Crippen LogP contribution in [0.1, 0.15) is 29.5 Å². The first-order valence-electron chi connectivity index (χ1n) is 11.8. The van der Waals surface area contributed by atoms with Gasteiger partial charge in [-0.25, -0.2) is 9.59 Å². The summed E-state index contributed by atoms with van der Waals surface area (Å²) in [5.41, 5.74) is 1.95. The molecule has 5 rings (SSSR count). The number of esters is 1. The van der Waals surface area contributed by atoms with E-state index >= 15 is 0 Å². The second-order valence-corrected chi connectivity index (χ2v) is 8.39. The topological polar surface area (TPSA) is 84.2 Å². The third-order valence-corrected chi connectivity index (χ3v) is 6.21. The van der Waals surface area contributed by atoms with Gasteiger partial charge in [0.05, 0.1) is 37.2 Å². The summed E-state index contributed by atoms with van der Waals surface area (Å²) in [7, 11) is 1.55. The molecule has 0 spiro atoms. The number of para-hydroxylation sites is 1. The molecular weight excluding hydrogens is 460 g/mol. The lowest BCUT2D eigenvalue weighted by atomic mass is 9.88. The average Bonchev–Trinajstić information content (AvgIpc) is 3.31. The third-order valence-electron chi connectivity index (χ3n) is 6.21. The summed E-state index contributed by atoms with van der Waals surface area (Å²) in [5.74, 6) is 0.111. The predicted octanol–water partition coefficient (Wildman–Crippen LogP) is 4.88. The molecule has 1 aliphatic heterocycles. The Morgan fingerprint density at radius 3 is 2.53 bits per heavy atom. The molecule has 1 aromatic heterocycles. The molecule has 7 heteroatoms. The van der Waals surface area contributed by atoms with Crippen molar-refractivity contribution in [3.8, 4) is 17.2 Å². The van der Waals surface area contributed by atoms with Crippen molar-refractivity contribution >= 4 is 16.9 Å². The number of hydrogen-bond acceptors (Lipinski definition) is 7. The van der Waals surface area contributed by atoms with Crippen molar-refractivity contribution in [2.24, 2.45) is 0 Å². The van der Waals surface area contributed by atoms with Crippen LogP contribution in [-0.2, 0) is 16.0 Å². The molecule has 7 nitrogen and oxygen atoms in total. The minimum Gasteiger partial charge on any atom is -0.493 e. The van der Waals surface area contributed by atoms with Crippen LogP contribution in [0.15, 0.2) is 82.0 Å². The van der Waals surface area contributed by atoms with E-state index in [1.165, 1.54) is 5.56 Å². The molecule has 0 bridgehead atoms. The Morgan fingerprint density at radius 1 is 0.972 bits per heavy atom. The zero-order valence-electron chi connectivity index (χ0n) is 20.1. The molecule has 0 amide bonds. The van der Waals surface area contributed by atoms with Crippen molar-refractivity contribution in [3.63, 3.8) is 0 Å². The number of methoxy groups -OCH3 is 1. The van der Waals surface area contributed by atoms with Crippen LogP contribution in [0.2, 0.25) is 0 Å². The van der Waals surface area contributed by atoms with Crippen LogP contribution in [0, 0.1) is 0 Å². The number of ether oxygens (including phenoxy) is 4. The van der Waals surface area contributed by atoms with E-state index in [-0.39, 0.29) is 12.2 Å². The van der Waals surface area contributed by atoms with Gasteiger partial charge in [0.25, 0.3) is 0 Å². The minimum atomic E-state index is -1.04. The van der Waals surface area contributed by atoms with E-state index in [1.54, 1.807) is 44.4 Å². The fourth-order valence-electron chi connectivity index (χ4n) is 4.55. The van der Waals surface area contributed by atoms with Crippen LogP contribution in [0.5, 0.6) is 17.2 Å². The van der Waals surface area contributed by atoms with Gasteiger partial charge in [0, 0.05) is 6.42 Å². The van der Waals surface area contributed by atoms with Gasteiger partial charge in [0.1, 0.15) is 11.3 Å². The smallest absolute Gasteiger partial charge is 0.348 e. The Bertz CT molecular complexity index is 1440. The number of carbonyl (C=O) groups is 1. The monoisotopic (exact) mass is 486 g/mol. The van der Waals surface area contributed by atoms with Crippen LogP contribution in [0.25, 0.3) is 11.0 Å². The van der Waals surface area contributed by atoms with Gasteiger partial charge in [0.2, 0.25) is 6.10 Å². The summed E-state index contributed by atoms with van der Waals surface area (Å²) >= 11 is 0. The molecule has 2 heterocycles. The van der Waals surface area contributed by atoms with E-state index in [0.29, 0.717) is 40.4 Å². The van der Waals surface area contributed by atoms with Gasteiger partial charge in [-0.15, -0.1) is 0 Å². The lowest BCUT2D eigenvalue weighted by Gasteiger charge is -2.19. The predicted molar refractivity (Wildman–Crippen MR) is 134 cm³/mol. The molecule has 0 radical (unpaired) electrons. The number of fused-ring (bicyclic) bond motifs is 3. The number of rotatable bonds is 8. The maximum atomic E-state index is 13.1. The van der Waals surface area contributed by atoms with Crippen molar-refractivity contribution < 1.29 is 28.2 Å². The lowest BCUT2D eigenvalue weighted by molar-refractivity contribution is -0.151. The maximum absolute atomic E-state index is 13.1. The zero-order valence-corrected chi connectivity index (χ0v) is 20.1. The van der Waals surface area contributed by atoms with Crippen LogP contribution >= 0.6 is 0 Å². The van der Waals surface area contributed by atoms with Crippen molar-refractivity contribution in [2.75, 3.05) is 20.3 Å². The molecule has 0 saturated carbocycles. The second kappa shape index (κ2) is 10.2. The van der Waals surface area contributed by atoms with Crippen molar-refractivity contribution in [2.45, 2.75) is 25.4 Å². The summed E-state index contributed by atoms with van der Waals surface area (Å²) in [5, 5.41) is 0.622. The largest absolute Gasteiger partial charge is 0.493 e. The Balaban J connectivity index is 1.51. The number of benzene rings is 3. The summed E-state index contributed by atoms with van der Waals surface area (Å²) in [6.07, 6.45) is -0.294. The molecule has 3 aromatic carbocycles. The summed E-state index contributed by atoms with van der Waals surface area (Å²) < 4.78 is 28.5. The average molecular weight is 487 g/mol. The molecule has 0 N–H and O–H groups in total. The highest BCUT2D eigenvalue weighted by Crippen LogP contribution is 2.46. The molecule has 2 atom stereocenters. The van der Waals surface area contributed by atoms with Gasteiger partial charge in [-0.2, -0.15) is 0 Å². The Hall–Kier alpha value is -4.26. The van der Waals surface area contributed by atoms with Gasteiger partial charge < -0.3 is 23.4 Å².